The molecular formula is C19H25N3O2. The molecule has 3 atom stereocenters. The average Bonchev–Trinajstić information content (AvgIpc) is 3.23. The SMILES string of the molecule is O=C1CN(c2ccc(CNC(=O)[C@@H]3C[C@H]4CC[C@H]3C4)cc2)CCN1. The lowest BCUT2D eigenvalue weighted by atomic mass is 9.88. The van der Waals surface area contributed by atoms with Gasteiger partial charge in [0.1, 0.15) is 0 Å². The van der Waals surface area contributed by atoms with Crippen molar-refractivity contribution < 1.29 is 9.59 Å². The first-order valence-corrected chi connectivity index (χ1v) is 9.07. The van der Waals surface area contributed by atoms with E-state index in [1.807, 2.05) is 24.3 Å². The molecule has 0 spiro atoms. The molecule has 2 amide bonds. The van der Waals surface area contributed by atoms with Crippen molar-refractivity contribution in [2.24, 2.45) is 17.8 Å². The number of rotatable bonds is 4. The lowest BCUT2D eigenvalue weighted by Crippen LogP contribution is -2.47. The Kier molecular flexibility index (Phi) is 4.17. The number of benzene rings is 1. The minimum atomic E-state index is 0.0726. The van der Waals surface area contributed by atoms with E-state index in [0.717, 1.165) is 30.1 Å². The second-order valence-electron chi connectivity index (χ2n) is 7.44. The summed E-state index contributed by atoms with van der Waals surface area (Å²) in [7, 11) is 0. The van der Waals surface area contributed by atoms with Crippen LogP contribution in [0, 0.1) is 17.8 Å². The summed E-state index contributed by atoms with van der Waals surface area (Å²) in [5, 5.41) is 5.95. The van der Waals surface area contributed by atoms with Crippen molar-refractivity contribution in [2.75, 3.05) is 24.5 Å². The average molecular weight is 327 g/mol. The number of fused-ring (bicyclic) bond motifs is 2. The van der Waals surface area contributed by atoms with Gasteiger partial charge in [-0.15, -0.1) is 0 Å². The highest BCUT2D eigenvalue weighted by molar-refractivity contribution is 5.82. The number of nitrogens with zero attached hydrogens (tertiary/aromatic N) is 1. The standard InChI is InChI=1S/C19H25N3O2/c23-18-12-22(8-7-20-18)16-5-2-13(3-6-16)11-21-19(24)17-10-14-1-4-15(17)9-14/h2-3,5-6,14-15,17H,1,4,7-12H2,(H,20,23)(H,21,24)/t14-,15-,17+/m0/s1. The van der Waals surface area contributed by atoms with Gasteiger partial charge >= 0.3 is 0 Å². The molecule has 5 heteroatoms. The molecule has 24 heavy (non-hydrogen) atoms. The molecule has 0 radical (unpaired) electrons. The summed E-state index contributed by atoms with van der Waals surface area (Å²) in [5.74, 6) is 1.98. The third kappa shape index (κ3) is 3.12. The van der Waals surface area contributed by atoms with Gasteiger partial charge in [0.2, 0.25) is 11.8 Å². The zero-order valence-electron chi connectivity index (χ0n) is 14.0. The van der Waals surface area contributed by atoms with Crippen LogP contribution in [-0.2, 0) is 16.1 Å². The fourth-order valence-corrected chi connectivity index (χ4v) is 4.57. The first kappa shape index (κ1) is 15.5. The van der Waals surface area contributed by atoms with Crippen molar-refractivity contribution in [3.63, 3.8) is 0 Å². The Morgan fingerprint density at radius 2 is 2.04 bits per heavy atom. The molecule has 1 aliphatic heterocycles. The molecule has 0 unspecified atom stereocenters. The number of nitrogens with one attached hydrogen (secondary N) is 2. The molecule has 2 bridgehead atoms. The number of carbonyl (C=O) groups excluding carboxylic acids is 2. The quantitative estimate of drug-likeness (QED) is 0.884. The van der Waals surface area contributed by atoms with Crippen LogP contribution < -0.4 is 15.5 Å². The molecule has 1 aromatic rings. The summed E-state index contributed by atoms with van der Waals surface area (Å²) in [5.41, 5.74) is 2.17. The molecule has 1 aromatic carbocycles. The van der Waals surface area contributed by atoms with Crippen LogP contribution in [0.15, 0.2) is 24.3 Å². The van der Waals surface area contributed by atoms with Crippen molar-refractivity contribution in [1.29, 1.82) is 0 Å². The predicted octanol–water partition coefficient (Wildman–Crippen LogP) is 1.68. The molecule has 1 saturated heterocycles. The van der Waals surface area contributed by atoms with Crippen LogP contribution in [0.25, 0.3) is 0 Å². The Morgan fingerprint density at radius 1 is 1.21 bits per heavy atom. The van der Waals surface area contributed by atoms with E-state index in [-0.39, 0.29) is 17.7 Å². The van der Waals surface area contributed by atoms with Crippen LogP contribution in [0.2, 0.25) is 0 Å². The highest BCUT2D eigenvalue weighted by Crippen LogP contribution is 2.48. The van der Waals surface area contributed by atoms with E-state index in [0.29, 0.717) is 25.6 Å². The molecule has 0 aromatic heterocycles. The van der Waals surface area contributed by atoms with Gasteiger partial charge in [0.15, 0.2) is 0 Å². The van der Waals surface area contributed by atoms with E-state index in [2.05, 4.69) is 15.5 Å². The summed E-state index contributed by atoms with van der Waals surface area (Å²) in [6, 6.07) is 8.17. The van der Waals surface area contributed by atoms with Gasteiger partial charge in [-0.25, -0.2) is 0 Å². The Labute approximate surface area is 142 Å². The minimum Gasteiger partial charge on any atom is -0.360 e. The molecular weight excluding hydrogens is 302 g/mol. The smallest absolute Gasteiger partial charge is 0.239 e. The third-order valence-electron chi connectivity index (χ3n) is 5.88. The Balaban J connectivity index is 1.31. The van der Waals surface area contributed by atoms with Crippen molar-refractivity contribution in [3.05, 3.63) is 29.8 Å². The Morgan fingerprint density at radius 3 is 2.71 bits per heavy atom. The fraction of sp³-hybridized carbons (Fsp3) is 0.579. The predicted molar refractivity (Wildman–Crippen MR) is 92.4 cm³/mol. The first-order valence-electron chi connectivity index (χ1n) is 9.07. The second-order valence-corrected chi connectivity index (χ2v) is 7.44. The van der Waals surface area contributed by atoms with E-state index in [1.165, 1.54) is 19.3 Å². The van der Waals surface area contributed by atoms with Crippen molar-refractivity contribution in [1.82, 2.24) is 10.6 Å². The third-order valence-corrected chi connectivity index (χ3v) is 5.88. The normalized spacial score (nSPS) is 28.8. The lowest BCUT2D eigenvalue weighted by Gasteiger charge is -2.28. The maximum absolute atomic E-state index is 12.4. The van der Waals surface area contributed by atoms with E-state index in [9.17, 15) is 9.59 Å². The zero-order chi connectivity index (χ0) is 16.5. The van der Waals surface area contributed by atoms with Gasteiger partial charge in [-0.05, 0) is 48.8 Å². The van der Waals surface area contributed by atoms with Crippen molar-refractivity contribution >= 4 is 17.5 Å². The summed E-state index contributed by atoms with van der Waals surface area (Å²) in [6.07, 6.45) is 4.91. The van der Waals surface area contributed by atoms with Crippen LogP contribution in [0.1, 0.15) is 31.2 Å². The summed E-state index contributed by atoms with van der Waals surface area (Å²) in [6.45, 7) is 2.54. The second kappa shape index (κ2) is 6.46. The molecule has 4 rings (SSSR count). The highest BCUT2D eigenvalue weighted by atomic mass is 16.2. The fourth-order valence-electron chi connectivity index (χ4n) is 4.57. The Bertz CT molecular complexity index is 628. The van der Waals surface area contributed by atoms with Gasteiger partial charge < -0.3 is 15.5 Å². The van der Waals surface area contributed by atoms with Crippen LogP contribution >= 0.6 is 0 Å². The van der Waals surface area contributed by atoms with E-state index in [1.54, 1.807) is 0 Å². The van der Waals surface area contributed by atoms with Crippen LogP contribution in [0.3, 0.4) is 0 Å². The van der Waals surface area contributed by atoms with Crippen molar-refractivity contribution in [2.45, 2.75) is 32.2 Å². The zero-order valence-corrected chi connectivity index (χ0v) is 14.0. The summed E-state index contributed by atoms with van der Waals surface area (Å²) < 4.78 is 0. The summed E-state index contributed by atoms with van der Waals surface area (Å²) >= 11 is 0. The topological polar surface area (TPSA) is 61.4 Å². The molecule has 2 aliphatic carbocycles. The number of hydrogen-bond acceptors (Lipinski definition) is 3. The first-order chi connectivity index (χ1) is 11.7. The molecule has 2 N–H and O–H groups in total. The lowest BCUT2D eigenvalue weighted by molar-refractivity contribution is -0.126. The van der Waals surface area contributed by atoms with Crippen LogP contribution in [-0.4, -0.2) is 31.4 Å². The molecule has 128 valence electrons. The number of anilines is 1. The monoisotopic (exact) mass is 327 g/mol. The van der Waals surface area contributed by atoms with E-state index in [4.69, 9.17) is 0 Å². The van der Waals surface area contributed by atoms with E-state index < -0.39 is 0 Å². The van der Waals surface area contributed by atoms with Gasteiger partial charge in [0.05, 0.1) is 6.54 Å². The van der Waals surface area contributed by atoms with Gasteiger partial charge in [-0.1, -0.05) is 18.6 Å². The van der Waals surface area contributed by atoms with Crippen molar-refractivity contribution in [3.8, 4) is 0 Å². The molecule has 3 aliphatic rings. The molecule has 3 fully saturated rings. The maximum Gasteiger partial charge on any atom is 0.239 e. The number of amides is 2. The molecule has 5 nitrogen and oxygen atoms in total. The minimum absolute atomic E-state index is 0.0726. The van der Waals surface area contributed by atoms with Crippen LogP contribution in [0.5, 0.6) is 0 Å². The highest BCUT2D eigenvalue weighted by Gasteiger charge is 2.42. The van der Waals surface area contributed by atoms with Gasteiger partial charge in [-0.2, -0.15) is 0 Å². The van der Waals surface area contributed by atoms with E-state index >= 15 is 0 Å². The number of piperazine rings is 1. The van der Waals surface area contributed by atoms with Gasteiger partial charge in [0, 0.05) is 31.2 Å². The molecule has 1 heterocycles. The maximum atomic E-state index is 12.4. The number of hydrogen-bond donors (Lipinski definition) is 2. The molecule has 2 saturated carbocycles. The van der Waals surface area contributed by atoms with Gasteiger partial charge in [0.25, 0.3) is 0 Å². The Hall–Kier alpha value is -2.04. The number of carbonyl (C=O) groups is 2. The largest absolute Gasteiger partial charge is 0.360 e. The van der Waals surface area contributed by atoms with Gasteiger partial charge in [-0.3, -0.25) is 9.59 Å². The summed E-state index contributed by atoms with van der Waals surface area (Å²) in [4.78, 5) is 25.9. The van der Waals surface area contributed by atoms with Crippen LogP contribution in [0.4, 0.5) is 5.69 Å².